The van der Waals surface area contributed by atoms with Crippen molar-refractivity contribution in [2.24, 2.45) is 0 Å². The lowest BCUT2D eigenvalue weighted by atomic mass is 10.2. The third kappa shape index (κ3) is 5.20. The highest BCUT2D eigenvalue weighted by Gasteiger charge is 2.08. The fraction of sp³-hybridized carbons (Fsp3) is 0.143. The van der Waals surface area contributed by atoms with Crippen molar-refractivity contribution in [1.29, 1.82) is 0 Å². The number of amides is 1. The number of pyridine rings is 1. The van der Waals surface area contributed by atoms with Gasteiger partial charge in [-0.15, -0.1) is 0 Å². The topological polar surface area (TPSA) is 72.5 Å². The standard InChI is InChI=1S/C21H20FN3O3/c1-27-16-6-8-17(9-7-16)28-13-12-24-21(26)15-10-11-23-20(14-15)25-19-5-3-2-4-18(19)22/h2-11,14H,12-13H2,1H3,(H,23,25)(H,24,26). The van der Waals surface area contributed by atoms with E-state index in [1.807, 2.05) is 0 Å². The van der Waals surface area contributed by atoms with E-state index in [4.69, 9.17) is 9.47 Å². The third-order valence-corrected chi connectivity index (χ3v) is 3.87. The molecule has 2 N–H and O–H groups in total. The maximum atomic E-state index is 13.7. The van der Waals surface area contributed by atoms with Crippen LogP contribution >= 0.6 is 0 Å². The summed E-state index contributed by atoms with van der Waals surface area (Å²) >= 11 is 0. The highest BCUT2D eigenvalue weighted by molar-refractivity contribution is 5.94. The van der Waals surface area contributed by atoms with Gasteiger partial charge in [0.1, 0.15) is 29.7 Å². The molecule has 0 saturated heterocycles. The highest BCUT2D eigenvalue weighted by atomic mass is 19.1. The van der Waals surface area contributed by atoms with E-state index in [1.54, 1.807) is 61.7 Å². The van der Waals surface area contributed by atoms with E-state index in [-0.39, 0.29) is 5.91 Å². The summed E-state index contributed by atoms with van der Waals surface area (Å²) in [6.45, 7) is 0.659. The van der Waals surface area contributed by atoms with Crippen LogP contribution in [0, 0.1) is 5.82 Å². The maximum Gasteiger partial charge on any atom is 0.251 e. The number of hydrogen-bond acceptors (Lipinski definition) is 5. The zero-order chi connectivity index (χ0) is 19.8. The SMILES string of the molecule is COc1ccc(OCCNC(=O)c2ccnc(Nc3ccccc3F)c2)cc1. The molecule has 0 atom stereocenters. The molecule has 144 valence electrons. The van der Waals surface area contributed by atoms with Crippen molar-refractivity contribution < 1.29 is 18.7 Å². The molecule has 1 amide bonds. The van der Waals surface area contributed by atoms with Crippen molar-refractivity contribution in [2.45, 2.75) is 0 Å². The van der Waals surface area contributed by atoms with Gasteiger partial charge in [0, 0.05) is 11.8 Å². The number of nitrogens with one attached hydrogen (secondary N) is 2. The van der Waals surface area contributed by atoms with E-state index in [1.165, 1.54) is 12.3 Å². The van der Waals surface area contributed by atoms with E-state index >= 15 is 0 Å². The van der Waals surface area contributed by atoms with Gasteiger partial charge < -0.3 is 20.1 Å². The van der Waals surface area contributed by atoms with Crippen LogP contribution in [0.3, 0.4) is 0 Å². The van der Waals surface area contributed by atoms with E-state index < -0.39 is 5.82 Å². The molecule has 3 aromatic rings. The predicted molar refractivity (Wildman–Crippen MR) is 105 cm³/mol. The zero-order valence-corrected chi connectivity index (χ0v) is 15.3. The van der Waals surface area contributed by atoms with Gasteiger partial charge in [-0.3, -0.25) is 4.79 Å². The number of carbonyl (C=O) groups is 1. The number of methoxy groups -OCH3 is 1. The van der Waals surface area contributed by atoms with Gasteiger partial charge in [0.05, 0.1) is 19.3 Å². The van der Waals surface area contributed by atoms with Crippen LogP contribution in [-0.2, 0) is 0 Å². The molecule has 0 bridgehead atoms. The van der Waals surface area contributed by atoms with E-state index in [0.717, 1.165) is 5.75 Å². The molecule has 0 fully saturated rings. The van der Waals surface area contributed by atoms with Crippen molar-refractivity contribution in [3.05, 3.63) is 78.2 Å². The zero-order valence-electron chi connectivity index (χ0n) is 15.3. The number of hydrogen-bond donors (Lipinski definition) is 2. The minimum Gasteiger partial charge on any atom is -0.497 e. The van der Waals surface area contributed by atoms with Crippen LogP contribution in [0.4, 0.5) is 15.9 Å². The highest BCUT2D eigenvalue weighted by Crippen LogP contribution is 2.19. The molecular formula is C21H20FN3O3. The van der Waals surface area contributed by atoms with Crippen LogP contribution in [0.5, 0.6) is 11.5 Å². The molecule has 0 aliphatic rings. The summed E-state index contributed by atoms with van der Waals surface area (Å²) in [6, 6.07) is 16.6. The summed E-state index contributed by atoms with van der Waals surface area (Å²) in [6.07, 6.45) is 1.49. The summed E-state index contributed by atoms with van der Waals surface area (Å²) < 4.78 is 24.4. The molecule has 0 aliphatic heterocycles. The van der Waals surface area contributed by atoms with E-state index in [0.29, 0.717) is 36.0 Å². The lowest BCUT2D eigenvalue weighted by Gasteiger charge is -2.10. The Labute approximate surface area is 162 Å². The first-order chi connectivity index (χ1) is 13.7. The normalized spacial score (nSPS) is 10.2. The third-order valence-electron chi connectivity index (χ3n) is 3.87. The number of nitrogens with zero attached hydrogens (tertiary/aromatic N) is 1. The molecule has 3 rings (SSSR count). The van der Waals surface area contributed by atoms with Crippen molar-refractivity contribution >= 4 is 17.4 Å². The Morgan fingerprint density at radius 1 is 1.07 bits per heavy atom. The second-order valence-electron chi connectivity index (χ2n) is 5.81. The molecular weight excluding hydrogens is 361 g/mol. The lowest BCUT2D eigenvalue weighted by molar-refractivity contribution is 0.0947. The first kappa shape index (κ1) is 19.2. The van der Waals surface area contributed by atoms with Gasteiger partial charge >= 0.3 is 0 Å². The number of rotatable bonds is 8. The van der Waals surface area contributed by atoms with Gasteiger partial charge in [0.15, 0.2) is 0 Å². The molecule has 0 spiro atoms. The number of aromatic nitrogens is 1. The van der Waals surface area contributed by atoms with E-state index in [9.17, 15) is 9.18 Å². The maximum absolute atomic E-state index is 13.7. The Morgan fingerprint density at radius 3 is 2.57 bits per heavy atom. The molecule has 0 aliphatic carbocycles. The Balaban J connectivity index is 1.50. The first-order valence-corrected chi connectivity index (χ1v) is 8.68. The molecule has 0 saturated carbocycles. The average Bonchev–Trinajstić information content (AvgIpc) is 2.73. The minimum absolute atomic E-state index is 0.266. The minimum atomic E-state index is -0.394. The second-order valence-corrected chi connectivity index (χ2v) is 5.81. The number of ether oxygens (including phenoxy) is 2. The predicted octanol–water partition coefficient (Wildman–Crippen LogP) is 3.78. The largest absolute Gasteiger partial charge is 0.497 e. The van der Waals surface area contributed by atoms with Crippen LogP contribution in [0.25, 0.3) is 0 Å². The fourth-order valence-electron chi connectivity index (χ4n) is 2.45. The van der Waals surface area contributed by atoms with Crippen LogP contribution in [-0.4, -0.2) is 31.2 Å². The van der Waals surface area contributed by atoms with Gasteiger partial charge in [-0.1, -0.05) is 12.1 Å². The molecule has 7 heteroatoms. The molecule has 28 heavy (non-hydrogen) atoms. The smallest absolute Gasteiger partial charge is 0.251 e. The summed E-state index contributed by atoms with van der Waals surface area (Å²) in [5.41, 5.74) is 0.707. The van der Waals surface area contributed by atoms with Crippen LogP contribution in [0.2, 0.25) is 0 Å². The van der Waals surface area contributed by atoms with Gasteiger partial charge in [0.25, 0.3) is 5.91 Å². The summed E-state index contributed by atoms with van der Waals surface area (Å²) in [7, 11) is 1.60. The lowest BCUT2D eigenvalue weighted by Crippen LogP contribution is -2.28. The summed E-state index contributed by atoms with van der Waals surface area (Å²) in [4.78, 5) is 16.4. The van der Waals surface area contributed by atoms with Crippen molar-refractivity contribution in [3.8, 4) is 11.5 Å². The monoisotopic (exact) mass is 381 g/mol. The first-order valence-electron chi connectivity index (χ1n) is 8.68. The molecule has 2 aromatic carbocycles. The number of benzene rings is 2. The molecule has 1 heterocycles. The van der Waals surface area contributed by atoms with Crippen LogP contribution < -0.4 is 20.1 Å². The van der Waals surface area contributed by atoms with Crippen molar-refractivity contribution in [2.75, 3.05) is 25.6 Å². The van der Waals surface area contributed by atoms with Crippen LogP contribution in [0.15, 0.2) is 66.9 Å². The Morgan fingerprint density at radius 2 is 1.82 bits per heavy atom. The number of halogens is 1. The molecule has 1 aromatic heterocycles. The van der Waals surface area contributed by atoms with Gasteiger partial charge in [0.2, 0.25) is 0 Å². The van der Waals surface area contributed by atoms with Crippen molar-refractivity contribution in [1.82, 2.24) is 10.3 Å². The Hall–Kier alpha value is -3.61. The fourth-order valence-corrected chi connectivity index (χ4v) is 2.45. The Kier molecular flexibility index (Phi) is 6.41. The van der Waals surface area contributed by atoms with Gasteiger partial charge in [-0.2, -0.15) is 0 Å². The van der Waals surface area contributed by atoms with E-state index in [2.05, 4.69) is 15.6 Å². The average molecular weight is 381 g/mol. The summed E-state index contributed by atoms with van der Waals surface area (Å²) in [5.74, 6) is 1.16. The van der Waals surface area contributed by atoms with Gasteiger partial charge in [-0.05, 0) is 48.5 Å². The van der Waals surface area contributed by atoms with Gasteiger partial charge in [-0.25, -0.2) is 9.37 Å². The van der Waals surface area contributed by atoms with Crippen molar-refractivity contribution in [3.63, 3.8) is 0 Å². The number of para-hydroxylation sites is 1. The quantitative estimate of drug-likeness (QED) is 0.581. The summed E-state index contributed by atoms with van der Waals surface area (Å²) in [5, 5.41) is 5.64. The second kappa shape index (κ2) is 9.36. The molecule has 0 radical (unpaired) electrons. The van der Waals surface area contributed by atoms with Crippen LogP contribution in [0.1, 0.15) is 10.4 Å². The Bertz CT molecular complexity index is 932. The molecule has 0 unspecified atom stereocenters. The molecule has 6 nitrogen and oxygen atoms in total. The number of carbonyl (C=O) groups excluding carboxylic acids is 1. The number of anilines is 2.